The van der Waals surface area contributed by atoms with E-state index in [1.54, 1.807) is 0 Å². The third kappa shape index (κ3) is 2.54. The Morgan fingerprint density at radius 2 is 1.55 bits per heavy atom. The quantitative estimate of drug-likeness (QED) is 0.810. The van der Waals surface area contributed by atoms with Crippen molar-refractivity contribution in [1.82, 2.24) is 4.90 Å². The molecular formula is C13H10F3NO5. The number of halogens is 3. The van der Waals surface area contributed by atoms with Crippen molar-refractivity contribution < 1.29 is 37.8 Å². The third-order valence-corrected chi connectivity index (χ3v) is 3.27. The second kappa shape index (κ2) is 5.09. The normalized spacial score (nSPS) is 17.4. The highest BCUT2D eigenvalue weighted by Gasteiger charge is 2.57. The maximum Gasteiger partial charge on any atom is 0.419 e. The minimum atomic E-state index is -5.32. The van der Waals surface area contributed by atoms with E-state index in [0.29, 0.717) is 0 Å². The lowest BCUT2D eigenvalue weighted by Gasteiger charge is -2.32. The summed E-state index contributed by atoms with van der Waals surface area (Å²) in [6, 6.07) is 5.39. The molecule has 22 heavy (non-hydrogen) atoms. The number of rotatable bonds is 4. The van der Waals surface area contributed by atoms with Crippen LogP contribution in [0.5, 0.6) is 0 Å². The number of fused-ring (bicyclic) bond motifs is 1. The Morgan fingerprint density at radius 3 is 1.91 bits per heavy atom. The first-order valence-electron chi connectivity index (χ1n) is 6.03. The van der Waals surface area contributed by atoms with Crippen LogP contribution in [0, 0.1) is 0 Å². The van der Waals surface area contributed by atoms with Crippen LogP contribution in [0.1, 0.15) is 27.1 Å². The van der Waals surface area contributed by atoms with Gasteiger partial charge >= 0.3 is 12.1 Å². The zero-order chi connectivity index (χ0) is 16.7. The summed E-state index contributed by atoms with van der Waals surface area (Å²) in [7, 11) is 0. The second-order valence-corrected chi connectivity index (χ2v) is 4.84. The van der Waals surface area contributed by atoms with Gasteiger partial charge in [-0.1, -0.05) is 12.1 Å². The maximum absolute atomic E-state index is 12.9. The average Bonchev–Trinajstić information content (AvgIpc) is 2.62. The Bertz CT molecular complexity index is 622. The van der Waals surface area contributed by atoms with Crippen LogP contribution in [0.25, 0.3) is 0 Å². The van der Waals surface area contributed by atoms with Crippen LogP contribution in [0.15, 0.2) is 24.3 Å². The lowest BCUT2D eigenvalue weighted by molar-refractivity contribution is -0.263. The summed E-state index contributed by atoms with van der Waals surface area (Å²) >= 11 is 0. The van der Waals surface area contributed by atoms with Gasteiger partial charge in [-0.15, -0.1) is 0 Å². The molecule has 0 radical (unpaired) electrons. The van der Waals surface area contributed by atoms with E-state index in [0.717, 1.165) is 0 Å². The summed E-state index contributed by atoms with van der Waals surface area (Å²) in [4.78, 5) is 34.7. The highest BCUT2D eigenvalue weighted by atomic mass is 19.4. The molecule has 1 aliphatic rings. The predicted molar refractivity (Wildman–Crippen MR) is 65.1 cm³/mol. The molecule has 0 saturated carbocycles. The summed E-state index contributed by atoms with van der Waals surface area (Å²) in [5.41, 5.74) is -3.90. The summed E-state index contributed by atoms with van der Waals surface area (Å²) in [5, 5.41) is 18.2. The first-order valence-corrected chi connectivity index (χ1v) is 6.03. The number of aliphatic hydroxyl groups is 1. The fourth-order valence-corrected chi connectivity index (χ4v) is 2.14. The van der Waals surface area contributed by atoms with Gasteiger partial charge in [0.15, 0.2) is 5.60 Å². The Hall–Kier alpha value is -2.42. The van der Waals surface area contributed by atoms with E-state index in [1.165, 1.54) is 24.3 Å². The lowest BCUT2D eigenvalue weighted by atomic mass is 9.98. The number of aliphatic carboxylic acids is 1. The molecule has 2 N–H and O–H groups in total. The zero-order valence-corrected chi connectivity index (χ0v) is 10.9. The van der Waals surface area contributed by atoms with Gasteiger partial charge in [0, 0.05) is 0 Å². The predicted octanol–water partition coefficient (Wildman–Crippen LogP) is 1.05. The number of carboxylic acids is 1. The van der Waals surface area contributed by atoms with Crippen molar-refractivity contribution in [3.63, 3.8) is 0 Å². The molecule has 9 heteroatoms. The zero-order valence-electron chi connectivity index (χ0n) is 10.9. The standard InChI is InChI=1S/C13H10F3NO5/c14-13(15,16)12(22,5-9(18)19)6-17-10(20)7-3-1-2-4-8(7)11(17)21/h1-4,22H,5-6H2,(H,18,19)/t12-/m1/s1. The number of amides is 2. The van der Waals surface area contributed by atoms with Gasteiger partial charge in [0.2, 0.25) is 0 Å². The van der Waals surface area contributed by atoms with E-state index >= 15 is 0 Å². The molecule has 1 aromatic carbocycles. The molecule has 1 heterocycles. The first-order chi connectivity index (χ1) is 10.1. The fourth-order valence-electron chi connectivity index (χ4n) is 2.14. The Kier molecular flexibility index (Phi) is 3.69. The molecule has 2 amide bonds. The average molecular weight is 317 g/mol. The molecule has 1 aliphatic heterocycles. The van der Waals surface area contributed by atoms with Crippen LogP contribution >= 0.6 is 0 Å². The van der Waals surface area contributed by atoms with Gasteiger partial charge in [-0.05, 0) is 12.1 Å². The van der Waals surface area contributed by atoms with Gasteiger partial charge in [0.05, 0.1) is 24.1 Å². The topological polar surface area (TPSA) is 94.9 Å². The molecule has 0 bridgehead atoms. The van der Waals surface area contributed by atoms with Crippen LogP contribution in [-0.2, 0) is 4.79 Å². The van der Waals surface area contributed by atoms with Crippen LogP contribution in [0.2, 0.25) is 0 Å². The molecule has 0 aromatic heterocycles. The smallest absolute Gasteiger partial charge is 0.419 e. The Balaban J connectivity index is 2.35. The van der Waals surface area contributed by atoms with Crippen molar-refractivity contribution in [3.05, 3.63) is 35.4 Å². The van der Waals surface area contributed by atoms with E-state index in [2.05, 4.69) is 0 Å². The van der Waals surface area contributed by atoms with Gasteiger partial charge in [0.25, 0.3) is 11.8 Å². The van der Waals surface area contributed by atoms with Crippen molar-refractivity contribution in [2.24, 2.45) is 0 Å². The van der Waals surface area contributed by atoms with Gasteiger partial charge in [-0.3, -0.25) is 19.3 Å². The summed E-state index contributed by atoms with van der Waals surface area (Å²) in [5.74, 6) is -3.92. The highest BCUT2D eigenvalue weighted by Crippen LogP contribution is 2.36. The fraction of sp³-hybridized carbons (Fsp3) is 0.308. The van der Waals surface area contributed by atoms with E-state index in [-0.39, 0.29) is 16.0 Å². The number of imide groups is 1. The molecule has 0 saturated heterocycles. The van der Waals surface area contributed by atoms with Crippen LogP contribution in [0.3, 0.4) is 0 Å². The summed E-state index contributed by atoms with van der Waals surface area (Å²) < 4.78 is 38.8. The van der Waals surface area contributed by atoms with Crippen molar-refractivity contribution in [2.75, 3.05) is 6.54 Å². The second-order valence-electron chi connectivity index (χ2n) is 4.84. The van der Waals surface area contributed by atoms with E-state index < -0.39 is 42.5 Å². The largest absolute Gasteiger partial charge is 0.481 e. The van der Waals surface area contributed by atoms with Crippen LogP contribution in [0.4, 0.5) is 13.2 Å². The molecule has 1 aromatic rings. The van der Waals surface area contributed by atoms with Crippen molar-refractivity contribution in [2.45, 2.75) is 18.2 Å². The highest BCUT2D eigenvalue weighted by molar-refractivity contribution is 6.21. The molecule has 6 nitrogen and oxygen atoms in total. The van der Waals surface area contributed by atoms with E-state index in [4.69, 9.17) is 5.11 Å². The molecule has 0 fully saturated rings. The number of carbonyl (C=O) groups excluding carboxylic acids is 2. The number of carbonyl (C=O) groups is 3. The lowest BCUT2D eigenvalue weighted by Crippen LogP contribution is -2.55. The van der Waals surface area contributed by atoms with Crippen molar-refractivity contribution >= 4 is 17.8 Å². The van der Waals surface area contributed by atoms with Crippen LogP contribution in [-0.4, -0.2) is 51.2 Å². The van der Waals surface area contributed by atoms with Crippen LogP contribution < -0.4 is 0 Å². The molecule has 118 valence electrons. The number of β-amino-alcohol motifs (C(OH)–C–C–N with tert-alkyl or cyclic N) is 1. The number of hydrogen-bond acceptors (Lipinski definition) is 4. The maximum atomic E-state index is 12.9. The molecule has 1 atom stereocenters. The molecule has 2 rings (SSSR count). The summed E-state index contributed by atoms with van der Waals surface area (Å²) in [6.45, 7) is -1.48. The van der Waals surface area contributed by atoms with Gasteiger partial charge in [0.1, 0.15) is 0 Å². The van der Waals surface area contributed by atoms with E-state index in [1.807, 2.05) is 0 Å². The van der Waals surface area contributed by atoms with Crippen molar-refractivity contribution in [3.8, 4) is 0 Å². The SMILES string of the molecule is O=C(O)C[C@@](O)(CN1C(=O)c2ccccc2C1=O)C(F)(F)F. The van der Waals surface area contributed by atoms with Gasteiger partial charge in [-0.2, -0.15) is 13.2 Å². The van der Waals surface area contributed by atoms with E-state index in [9.17, 15) is 32.7 Å². The third-order valence-electron chi connectivity index (χ3n) is 3.27. The number of carboxylic acid groups (broad SMARTS) is 1. The minimum Gasteiger partial charge on any atom is -0.481 e. The summed E-state index contributed by atoms with van der Waals surface area (Å²) in [6.07, 6.45) is -7.00. The molecule has 0 aliphatic carbocycles. The Morgan fingerprint density at radius 1 is 1.09 bits per heavy atom. The molecular weight excluding hydrogens is 307 g/mol. The number of nitrogens with zero attached hydrogens (tertiary/aromatic N) is 1. The first kappa shape index (κ1) is 16.0. The molecule has 0 spiro atoms. The van der Waals surface area contributed by atoms with Gasteiger partial charge < -0.3 is 10.2 Å². The number of benzene rings is 1. The number of hydrogen-bond donors (Lipinski definition) is 2. The van der Waals surface area contributed by atoms with Crippen molar-refractivity contribution in [1.29, 1.82) is 0 Å². The molecule has 0 unspecified atom stereocenters. The Labute approximate surface area is 121 Å². The number of alkyl halides is 3. The minimum absolute atomic E-state index is 0.0904. The monoisotopic (exact) mass is 317 g/mol. The van der Waals surface area contributed by atoms with Gasteiger partial charge in [-0.25, -0.2) is 0 Å².